The molecule has 0 radical (unpaired) electrons. The van der Waals surface area contributed by atoms with E-state index in [0.717, 1.165) is 20.4 Å². The summed E-state index contributed by atoms with van der Waals surface area (Å²) in [6, 6.07) is 5.18. The zero-order valence-corrected chi connectivity index (χ0v) is 11.4. The second-order valence-corrected chi connectivity index (χ2v) is 4.72. The van der Waals surface area contributed by atoms with Crippen molar-refractivity contribution in [2.24, 2.45) is 7.05 Å². The highest BCUT2D eigenvalue weighted by molar-refractivity contribution is 7.71. The Morgan fingerprint density at radius 3 is 2.37 bits per heavy atom. The molecule has 1 aromatic carbocycles. The maximum Gasteiger partial charge on any atom is 0.452 e. The molecule has 0 atom stereocenters. The van der Waals surface area contributed by atoms with Crippen LogP contribution in [-0.2, 0) is 13.2 Å². The predicted molar refractivity (Wildman–Crippen MR) is 67.8 cm³/mol. The van der Waals surface area contributed by atoms with Gasteiger partial charge in [-0.2, -0.15) is 13.2 Å². The third-order valence-corrected chi connectivity index (χ3v) is 3.22. The van der Waals surface area contributed by atoms with E-state index in [1.807, 2.05) is 13.0 Å². The van der Waals surface area contributed by atoms with Crippen LogP contribution in [0.4, 0.5) is 13.2 Å². The van der Waals surface area contributed by atoms with Crippen molar-refractivity contribution in [3.63, 3.8) is 0 Å². The Morgan fingerprint density at radius 2 is 1.84 bits per heavy atom. The highest BCUT2D eigenvalue weighted by atomic mass is 32.1. The molecule has 102 valence electrons. The molecule has 0 bridgehead atoms. The Labute approximate surface area is 113 Å². The summed E-state index contributed by atoms with van der Waals surface area (Å²) in [7, 11) is 1.40. The molecule has 7 heteroatoms. The molecule has 0 amide bonds. The van der Waals surface area contributed by atoms with Crippen molar-refractivity contribution in [2.75, 3.05) is 0 Å². The SMILES string of the molecule is Cc1ccc(-n2c(C(F)(F)F)nn(C)c2=S)c(C)c1. The van der Waals surface area contributed by atoms with Crippen LogP contribution in [0, 0.1) is 18.6 Å². The van der Waals surface area contributed by atoms with Gasteiger partial charge in [-0.1, -0.05) is 17.7 Å². The molecule has 0 fully saturated rings. The Hall–Kier alpha value is -1.63. The Morgan fingerprint density at radius 1 is 1.21 bits per heavy atom. The average Bonchev–Trinajstić information content (AvgIpc) is 2.56. The molecule has 0 spiro atoms. The van der Waals surface area contributed by atoms with Gasteiger partial charge >= 0.3 is 6.18 Å². The van der Waals surface area contributed by atoms with Crippen molar-refractivity contribution in [3.8, 4) is 5.69 Å². The molecule has 0 saturated heterocycles. The normalized spacial score (nSPS) is 11.9. The van der Waals surface area contributed by atoms with E-state index in [1.54, 1.807) is 19.1 Å². The maximum absolute atomic E-state index is 13.0. The van der Waals surface area contributed by atoms with Crippen LogP contribution in [0.5, 0.6) is 0 Å². The van der Waals surface area contributed by atoms with Gasteiger partial charge in [0.05, 0.1) is 5.69 Å². The summed E-state index contributed by atoms with van der Waals surface area (Å²) < 4.78 is 41.0. The second kappa shape index (κ2) is 4.48. The van der Waals surface area contributed by atoms with Crippen LogP contribution in [0.3, 0.4) is 0 Å². The van der Waals surface area contributed by atoms with E-state index >= 15 is 0 Å². The van der Waals surface area contributed by atoms with Crippen LogP contribution in [0.25, 0.3) is 5.69 Å². The van der Waals surface area contributed by atoms with Gasteiger partial charge in [-0.3, -0.25) is 4.57 Å². The molecule has 0 aliphatic rings. The van der Waals surface area contributed by atoms with E-state index in [2.05, 4.69) is 5.10 Å². The lowest BCUT2D eigenvalue weighted by Crippen LogP contribution is -2.14. The van der Waals surface area contributed by atoms with E-state index < -0.39 is 12.0 Å². The number of alkyl halides is 3. The number of rotatable bonds is 1. The smallest absolute Gasteiger partial charge is 0.264 e. The van der Waals surface area contributed by atoms with Gasteiger partial charge in [0.1, 0.15) is 0 Å². The molecule has 1 aromatic heterocycles. The average molecular weight is 287 g/mol. The predicted octanol–water partition coefficient (Wildman–Crippen LogP) is 3.58. The van der Waals surface area contributed by atoms with Gasteiger partial charge in [-0.15, -0.1) is 5.10 Å². The standard InChI is InChI=1S/C12H12F3N3S/c1-7-4-5-9(8(2)6-7)18-10(12(13,14)15)16-17(3)11(18)19/h4-6H,1-3H3. The molecule has 2 rings (SSSR count). The van der Waals surface area contributed by atoms with Gasteiger partial charge in [0.15, 0.2) is 0 Å². The van der Waals surface area contributed by atoms with E-state index in [0.29, 0.717) is 5.69 Å². The highest BCUT2D eigenvalue weighted by Crippen LogP contribution is 2.31. The first kappa shape index (κ1) is 13.8. The van der Waals surface area contributed by atoms with E-state index in [4.69, 9.17) is 12.2 Å². The van der Waals surface area contributed by atoms with Crippen molar-refractivity contribution in [2.45, 2.75) is 20.0 Å². The monoisotopic (exact) mass is 287 g/mol. The minimum atomic E-state index is -4.55. The molecular formula is C12H12F3N3S. The molecule has 3 nitrogen and oxygen atoms in total. The van der Waals surface area contributed by atoms with Crippen LogP contribution in [0.15, 0.2) is 18.2 Å². The van der Waals surface area contributed by atoms with Gasteiger partial charge in [0.25, 0.3) is 0 Å². The fourth-order valence-electron chi connectivity index (χ4n) is 1.92. The molecule has 0 N–H and O–H groups in total. The molecule has 0 unspecified atom stereocenters. The summed E-state index contributed by atoms with van der Waals surface area (Å²) in [4.78, 5) is 0. The summed E-state index contributed by atoms with van der Waals surface area (Å²) in [5, 5.41) is 3.47. The topological polar surface area (TPSA) is 22.8 Å². The third kappa shape index (κ3) is 2.42. The number of hydrogen-bond acceptors (Lipinski definition) is 2. The highest BCUT2D eigenvalue weighted by Gasteiger charge is 2.38. The van der Waals surface area contributed by atoms with E-state index in [9.17, 15) is 13.2 Å². The summed E-state index contributed by atoms with van der Waals surface area (Å²) in [6.07, 6.45) is -4.55. The van der Waals surface area contributed by atoms with Gasteiger partial charge in [0, 0.05) is 7.05 Å². The lowest BCUT2D eigenvalue weighted by molar-refractivity contribution is -0.146. The second-order valence-electron chi connectivity index (χ2n) is 4.35. The minimum absolute atomic E-state index is 0.0132. The van der Waals surface area contributed by atoms with Crippen LogP contribution >= 0.6 is 12.2 Å². The van der Waals surface area contributed by atoms with Crippen LogP contribution in [0.2, 0.25) is 0 Å². The molecule has 0 aliphatic carbocycles. The largest absolute Gasteiger partial charge is 0.452 e. The maximum atomic E-state index is 13.0. The van der Waals surface area contributed by atoms with Crippen molar-refractivity contribution >= 4 is 12.2 Å². The van der Waals surface area contributed by atoms with Gasteiger partial charge in [-0.25, -0.2) is 4.68 Å². The molecular weight excluding hydrogens is 275 g/mol. The Kier molecular flexibility index (Phi) is 3.25. The van der Waals surface area contributed by atoms with Crippen molar-refractivity contribution in [1.29, 1.82) is 0 Å². The number of hydrogen-bond donors (Lipinski definition) is 0. The molecule has 0 aliphatic heterocycles. The van der Waals surface area contributed by atoms with Gasteiger partial charge in [0.2, 0.25) is 10.6 Å². The summed E-state index contributed by atoms with van der Waals surface area (Å²) in [5.74, 6) is -1.01. The van der Waals surface area contributed by atoms with Crippen LogP contribution in [0.1, 0.15) is 17.0 Å². The first-order chi connectivity index (χ1) is 8.71. The number of benzene rings is 1. The lowest BCUT2D eigenvalue weighted by Gasteiger charge is -2.12. The fraction of sp³-hybridized carbons (Fsp3) is 0.333. The van der Waals surface area contributed by atoms with Gasteiger partial charge < -0.3 is 0 Å². The van der Waals surface area contributed by atoms with Gasteiger partial charge in [-0.05, 0) is 37.7 Å². The lowest BCUT2D eigenvalue weighted by atomic mass is 10.1. The first-order valence-corrected chi connectivity index (χ1v) is 5.93. The molecule has 0 saturated carbocycles. The fourth-order valence-corrected chi connectivity index (χ4v) is 2.15. The molecule has 19 heavy (non-hydrogen) atoms. The van der Waals surface area contributed by atoms with E-state index in [-0.39, 0.29) is 4.77 Å². The molecule has 1 heterocycles. The summed E-state index contributed by atoms with van der Waals surface area (Å²) in [6.45, 7) is 3.63. The Bertz CT molecular complexity index is 683. The first-order valence-electron chi connectivity index (χ1n) is 5.52. The number of aryl methyl sites for hydroxylation is 3. The number of nitrogens with zero attached hydrogens (tertiary/aromatic N) is 3. The van der Waals surface area contributed by atoms with E-state index in [1.165, 1.54) is 7.05 Å². The van der Waals surface area contributed by atoms with Crippen molar-refractivity contribution < 1.29 is 13.2 Å². The van der Waals surface area contributed by atoms with Crippen molar-refractivity contribution in [1.82, 2.24) is 14.3 Å². The Balaban J connectivity index is 2.78. The number of aromatic nitrogens is 3. The third-order valence-electron chi connectivity index (χ3n) is 2.77. The minimum Gasteiger partial charge on any atom is -0.264 e. The molecule has 2 aromatic rings. The van der Waals surface area contributed by atoms with Crippen molar-refractivity contribution in [3.05, 3.63) is 39.9 Å². The van der Waals surface area contributed by atoms with Crippen LogP contribution in [-0.4, -0.2) is 14.3 Å². The van der Waals surface area contributed by atoms with Crippen LogP contribution < -0.4 is 0 Å². The quantitative estimate of drug-likeness (QED) is 0.748. The zero-order valence-electron chi connectivity index (χ0n) is 10.6. The zero-order chi connectivity index (χ0) is 14.4. The summed E-state index contributed by atoms with van der Waals surface area (Å²) >= 11 is 5.02. The number of halogens is 3. The summed E-state index contributed by atoms with van der Waals surface area (Å²) in [5.41, 5.74) is 2.09.